The predicted octanol–water partition coefficient (Wildman–Crippen LogP) is 3.77. The zero-order chi connectivity index (χ0) is 23.5. The van der Waals surface area contributed by atoms with E-state index in [1.54, 1.807) is 24.5 Å². The van der Waals surface area contributed by atoms with E-state index >= 15 is 0 Å². The summed E-state index contributed by atoms with van der Waals surface area (Å²) in [5.74, 6) is -0.258. The standard InChI is InChI=1S/C25H29N5O3S/c31-25(20-7-9-23(10-8-20)34(32,33)29-15-3-4-16-29)27-18-21-17-24(19-11-13-26-14-12-19)30(28-21)22-5-1-2-6-22/h7-14,17,22H,1-6,15-16,18H2,(H,27,31). The molecule has 178 valence electrons. The van der Waals surface area contributed by atoms with E-state index in [1.165, 1.54) is 29.3 Å². The van der Waals surface area contributed by atoms with E-state index in [0.717, 1.165) is 42.6 Å². The number of nitrogens with zero attached hydrogens (tertiary/aromatic N) is 4. The van der Waals surface area contributed by atoms with E-state index in [4.69, 9.17) is 5.10 Å². The normalized spacial score (nSPS) is 17.3. The molecule has 2 aliphatic rings. The first-order valence-corrected chi connectivity index (χ1v) is 13.3. The van der Waals surface area contributed by atoms with Crippen LogP contribution in [0.15, 0.2) is 59.8 Å². The number of sulfonamides is 1. The van der Waals surface area contributed by atoms with Crippen LogP contribution in [0.5, 0.6) is 0 Å². The van der Waals surface area contributed by atoms with E-state index in [9.17, 15) is 13.2 Å². The molecule has 1 aliphatic heterocycles. The highest BCUT2D eigenvalue weighted by molar-refractivity contribution is 7.89. The zero-order valence-electron chi connectivity index (χ0n) is 19.1. The van der Waals surface area contributed by atoms with E-state index < -0.39 is 10.0 Å². The van der Waals surface area contributed by atoms with Crippen LogP contribution < -0.4 is 5.32 Å². The Morgan fingerprint density at radius 2 is 1.65 bits per heavy atom. The van der Waals surface area contributed by atoms with Crippen molar-refractivity contribution in [1.82, 2.24) is 24.4 Å². The highest BCUT2D eigenvalue weighted by Gasteiger charge is 2.27. The molecule has 5 rings (SSSR count). The molecule has 3 heterocycles. The SMILES string of the molecule is O=C(NCc1cc(-c2ccncc2)n(C2CCCC2)n1)c1ccc(S(=O)(=O)N2CCCC2)cc1. The molecule has 1 saturated carbocycles. The van der Waals surface area contributed by atoms with Crippen molar-refractivity contribution in [2.45, 2.75) is 56.0 Å². The molecule has 9 heteroatoms. The number of carbonyl (C=O) groups excluding carboxylic acids is 1. The second-order valence-electron chi connectivity index (χ2n) is 8.96. The largest absolute Gasteiger partial charge is 0.346 e. The monoisotopic (exact) mass is 479 g/mol. The molecule has 0 bridgehead atoms. The Bertz CT molecular complexity index is 1240. The average Bonchev–Trinajstić information content (AvgIpc) is 3.64. The number of pyridine rings is 1. The highest BCUT2D eigenvalue weighted by Crippen LogP contribution is 2.33. The molecule has 2 aromatic heterocycles. The molecule has 3 aromatic rings. The van der Waals surface area contributed by atoms with Gasteiger partial charge in [-0.25, -0.2) is 8.42 Å². The lowest BCUT2D eigenvalue weighted by molar-refractivity contribution is 0.0950. The minimum absolute atomic E-state index is 0.225. The van der Waals surface area contributed by atoms with E-state index in [2.05, 4.69) is 15.0 Å². The minimum atomic E-state index is -3.49. The van der Waals surface area contributed by atoms with Crippen LogP contribution in [-0.4, -0.2) is 46.5 Å². The van der Waals surface area contributed by atoms with Gasteiger partial charge >= 0.3 is 0 Å². The molecule has 8 nitrogen and oxygen atoms in total. The van der Waals surface area contributed by atoms with Crippen molar-refractivity contribution in [1.29, 1.82) is 0 Å². The molecule has 0 unspecified atom stereocenters. The molecule has 0 radical (unpaired) electrons. The average molecular weight is 480 g/mol. The van der Waals surface area contributed by atoms with Gasteiger partial charge in [0, 0.05) is 36.6 Å². The summed E-state index contributed by atoms with van der Waals surface area (Å²) in [7, 11) is -3.49. The molecule has 0 spiro atoms. The lowest BCUT2D eigenvalue weighted by Crippen LogP contribution is -2.28. The van der Waals surface area contributed by atoms with Crippen molar-refractivity contribution in [2.24, 2.45) is 0 Å². The predicted molar refractivity (Wildman–Crippen MR) is 129 cm³/mol. The Balaban J connectivity index is 1.29. The van der Waals surface area contributed by atoms with Crippen LogP contribution >= 0.6 is 0 Å². The smallest absolute Gasteiger partial charge is 0.251 e. The lowest BCUT2D eigenvalue weighted by atomic mass is 10.1. The molecular formula is C25H29N5O3S. The first-order valence-electron chi connectivity index (χ1n) is 11.9. The Hall–Kier alpha value is -3.04. The Morgan fingerprint density at radius 3 is 2.32 bits per heavy atom. The Morgan fingerprint density at radius 1 is 0.971 bits per heavy atom. The van der Waals surface area contributed by atoms with Gasteiger partial charge in [-0.3, -0.25) is 14.5 Å². The molecule has 1 N–H and O–H groups in total. The topological polar surface area (TPSA) is 97.2 Å². The zero-order valence-corrected chi connectivity index (χ0v) is 19.9. The van der Waals surface area contributed by atoms with Crippen molar-refractivity contribution in [3.05, 3.63) is 66.1 Å². The third-order valence-corrected chi connectivity index (χ3v) is 8.60. The highest BCUT2D eigenvalue weighted by atomic mass is 32.2. The quantitative estimate of drug-likeness (QED) is 0.556. The second kappa shape index (κ2) is 9.68. The number of aromatic nitrogens is 3. The fourth-order valence-electron chi connectivity index (χ4n) is 4.83. The number of nitrogens with one attached hydrogen (secondary N) is 1. The molecular weight excluding hydrogens is 450 g/mol. The van der Waals surface area contributed by atoms with Crippen LogP contribution in [0.3, 0.4) is 0 Å². The number of hydrogen-bond acceptors (Lipinski definition) is 5. The molecule has 1 saturated heterocycles. The summed E-state index contributed by atoms with van der Waals surface area (Å²) >= 11 is 0. The maximum atomic E-state index is 12.7. The van der Waals surface area contributed by atoms with E-state index in [-0.39, 0.29) is 10.8 Å². The second-order valence-corrected chi connectivity index (χ2v) is 10.9. The third kappa shape index (κ3) is 4.63. The van der Waals surface area contributed by atoms with Crippen LogP contribution in [0.25, 0.3) is 11.3 Å². The number of amides is 1. The molecule has 0 atom stereocenters. The summed E-state index contributed by atoms with van der Waals surface area (Å²) in [6, 6.07) is 12.5. The first-order chi connectivity index (χ1) is 16.5. The lowest BCUT2D eigenvalue weighted by Gasteiger charge is -2.15. The van der Waals surface area contributed by atoms with Crippen LogP contribution in [0.2, 0.25) is 0 Å². The van der Waals surface area contributed by atoms with Crippen molar-refractivity contribution < 1.29 is 13.2 Å². The van der Waals surface area contributed by atoms with Gasteiger partial charge < -0.3 is 5.32 Å². The van der Waals surface area contributed by atoms with Gasteiger partial charge in [0.1, 0.15) is 0 Å². The van der Waals surface area contributed by atoms with Gasteiger partial charge in [-0.1, -0.05) is 12.8 Å². The van der Waals surface area contributed by atoms with E-state index in [1.807, 2.05) is 18.2 Å². The number of rotatable bonds is 7. The Labute approximate surface area is 200 Å². The molecule has 1 aromatic carbocycles. The van der Waals surface area contributed by atoms with Gasteiger partial charge in [0.25, 0.3) is 5.91 Å². The molecule has 2 fully saturated rings. The summed E-state index contributed by atoms with van der Waals surface area (Å²) in [5.41, 5.74) is 3.31. The molecule has 1 aliphatic carbocycles. The van der Waals surface area contributed by atoms with Crippen LogP contribution in [0, 0.1) is 0 Å². The fraction of sp³-hybridized carbons (Fsp3) is 0.400. The maximum absolute atomic E-state index is 12.7. The van der Waals surface area contributed by atoms with E-state index in [0.29, 0.717) is 31.2 Å². The van der Waals surface area contributed by atoms with Crippen LogP contribution in [0.1, 0.15) is 60.6 Å². The van der Waals surface area contributed by atoms with Crippen LogP contribution in [0.4, 0.5) is 0 Å². The Kier molecular flexibility index (Phi) is 6.47. The fourth-order valence-corrected chi connectivity index (χ4v) is 6.34. The van der Waals surface area contributed by atoms with Gasteiger partial charge in [0.2, 0.25) is 10.0 Å². The maximum Gasteiger partial charge on any atom is 0.251 e. The summed E-state index contributed by atoms with van der Waals surface area (Å²) in [6.07, 6.45) is 9.95. The van der Waals surface area contributed by atoms with Crippen molar-refractivity contribution in [3.63, 3.8) is 0 Å². The summed E-state index contributed by atoms with van der Waals surface area (Å²) in [5, 5.41) is 7.75. The number of carbonyl (C=O) groups is 1. The minimum Gasteiger partial charge on any atom is -0.346 e. The van der Waals surface area contributed by atoms with Gasteiger partial charge in [-0.2, -0.15) is 9.40 Å². The van der Waals surface area contributed by atoms with Gasteiger partial charge in [-0.15, -0.1) is 0 Å². The summed E-state index contributed by atoms with van der Waals surface area (Å²) in [4.78, 5) is 17.1. The van der Waals surface area contributed by atoms with Crippen LogP contribution in [-0.2, 0) is 16.6 Å². The van der Waals surface area contributed by atoms with Gasteiger partial charge in [0.15, 0.2) is 0 Å². The van der Waals surface area contributed by atoms with Crippen molar-refractivity contribution in [3.8, 4) is 11.3 Å². The molecule has 34 heavy (non-hydrogen) atoms. The van der Waals surface area contributed by atoms with Crippen molar-refractivity contribution in [2.75, 3.05) is 13.1 Å². The van der Waals surface area contributed by atoms with Gasteiger partial charge in [0.05, 0.1) is 28.9 Å². The number of hydrogen-bond donors (Lipinski definition) is 1. The molecule has 1 amide bonds. The number of benzene rings is 1. The third-order valence-electron chi connectivity index (χ3n) is 6.68. The first kappa shape index (κ1) is 22.7. The summed E-state index contributed by atoms with van der Waals surface area (Å²) in [6.45, 7) is 1.41. The van der Waals surface area contributed by atoms with Gasteiger partial charge in [-0.05, 0) is 68.1 Å². The summed E-state index contributed by atoms with van der Waals surface area (Å²) < 4.78 is 29.0. The van der Waals surface area contributed by atoms with Crippen molar-refractivity contribution >= 4 is 15.9 Å².